The first-order valence-corrected chi connectivity index (χ1v) is 12.9. The highest BCUT2D eigenvalue weighted by Gasteiger charge is 2.59. The zero-order valence-corrected chi connectivity index (χ0v) is 19.8. The summed E-state index contributed by atoms with van der Waals surface area (Å²) in [6, 6.07) is 0. The van der Waals surface area contributed by atoms with Gasteiger partial charge in [0.25, 0.3) is 0 Å². The average Bonchev–Trinajstić information content (AvgIpc) is 3.04. The maximum Gasteiger partial charge on any atom is 0.202 e. The van der Waals surface area contributed by atoms with Crippen molar-refractivity contribution in [2.45, 2.75) is 105 Å². The summed E-state index contributed by atoms with van der Waals surface area (Å²) in [6.45, 7) is 12.5. The van der Waals surface area contributed by atoms with E-state index in [0.29, 0.717) is 10.8 Å². The lowest BCUT2D eigenvalue weighted by Gasteiger charge is -2.58. The summed E-state index contributed by atoms with van der Waals surface area (Å²) in [4.78, 5) is 11.3. The van der Waals surface area contributed by atoms with E-state index in [9.17, 15) is 4.79 Å². The summed E-state index contributed by atoms with van der Waals surface area (Å²) < 4.78 is 0. The van der Waals surface area contributed by atoms with Crippen molar-refractivity contribution in [1.82, 2.24) is 0 Å². The smallest absolute Gasteiger partial charge is 0.202 e. The molecule has 4 aliphatic carbocycles. The SMILES string of the molecule is CC(C)CCC[C@@H](C)[C@H]1CCC2C3CC=C4CC([C]=O)CC[C@]4(C)C3CC[C@@]21C. The van der Waals surface area contributed by atoms with E-state index in [1.54, 1.807) is 5.57 Å². The lowest BCUT2D eigenvalue weighted by Crippen LogP contribution is -2.50. The predicted octanol–water partition coefficient (Wildman–Crippen LogP) is 7.75. The molecule has 0 aromatic carbocycles. The minimum Gasteiger partial charge on any atom is -0.291 e. The Bertz CT molecular complexity index is 632. The van der Waals surface area contributed by atoms with Crippen LogP contribution in [-0.2, 0) is 4.79 Å². The van der Waals surface area contributed by atoms with Gasteiger partial charge in [-0.25, -0.2) is 0 Å². The summed E-state index contributed by atoms with van der Waals surface area (Å²) in [7, 11) is 0. The molecule has 1 heteroatoms. The van der Waals surface area contributed by atoms with Gasteiger partial charge in [0, 0.05) is 5.92 Å². The van der Waals surface area contributed by atoms with Gasteiger partial charge in [-0.3, -0.25) is 4.79 Å². The van der Waals surface area contributed by atoms with E-state index in [4.69, 9.17) is 0 Å². The van der Waals surface area contributed by atoms with E-state index in [-0.39, 0.29) is 5.92 Å². The summed E-state index contributed by atoms with van der Waals surface area (Å²) in [5, 5.41) is 0. The van der Waals surface area contributed by atoms with Crippen molar-refractivity contribution in [2.24, 2.45) is 52.3 Å². The van der Waals surface area contributed by atoms with Gasteiger partial charge < -0.3 is 0 Å². The van der Waals surface area contributed by atoms with E-state index in [0.717, 1.165) is 48.3 Å². The Hall–Kier alpha value is -0.590. The van der Waals surface area contributed by atoms with Crippen LogP contribution < -0.4 is 0 Å². The third kappa shape index (κ3) is 3.67. The highest BCUT2D eigenvalue weighted by molar-refractivity contribution is 5.56. The van der Waals surface area contributed by atoms with Crippen molar-refractivity contribution >= 4 is 6.29 Å². The molecule has 0 aliphatic heterocycles. The third-order valence-electron chi connectivity index (χ3n) is 10.5. The largest absolute Gasteiger partial charge is 0.291 e. The Labute approximate surface area is 180 Å². The molecule has 3 fully saturated rings. The molecule has 1 nitrogen and oxygen atoms in total. The molecule has 4 aliphatic rings. The molecule has 8 atom stereocenters. The van der Waals surface area contributed by atoms with Crippen LogP contribution in [0, 0.1) is 52.3 Å². The van der Waals surface area contributed by atoms with Crippen molar-refractivity contribution < 1.29 is 4.79 Å². The second kappa shape index (κ2) is 8.16. The zero-order chi connectivity index (χ0) is 20.8. The van der Waals surface area contributed by atoms with E-state index in [1.165, 1.54) is 57.8 Å². The Morgan fingerprint density at radius 1 is 1.03 bits per heavy atom. The average molecular weight is 398 g/mol. The minimum atomic E-state index is 0.169. The van der Waals surface area contributed by atoms with Crippen LogP contribution in [0.1, 0.15) is 105 Å². The zero-order valence-electron chi connectivity index (χ0n) is 19.8. The molecule has 0 saturated heterocycles. The highest BCUT2D eigenvalue weighted by atomic mass is 16.1. The predicted molar refractivity (Wildman–Crippen MR) is 122 cm³/mol. The molecule has 0 aromatic heterocycles. The highest BCUT2D eigenvalue weighted by Crippen LogP contribution is 2.67. The van der Waals surface area contributed by atoms with Crippen LogP contribution in [0.25, 0.3) is 0 Å². The molecule has 0 N–H and O–H groups in total. The second-order valence-electron chi connectivity index (χ2n) is 12.3. The first-order valence-electron chi connectivity index (χ1n) is 12.9. The Kier molecular flexibility index (Phi) is 6.09. The molecular weight excluding hydrogens is 352 g/mol. The van der Waals surface area contributed by atoms with Crippen molar-refractivity contribution in [1.29, 1.82) is 0 Å². The first-order chi connectivity index (χ1) is 13.8. The lowest BCUT2D eigenvalue weighted by atomic mass is 9.46. The molecule has 0 heterocycles. The fourth-order valence-corrected chi connectivity index (χ4v) is 8.79. The quantitative estimate of drug-likeness (QED) is 0.419. The molecule has 163 valence electrons. The molecule has 0 aromatic rings. The summed E-state index contributed by atoms with van der Waals surface area (Å²) in [5.41, 5.74) is 2.57. The Morgan fingerprint density at radius 2 is 1.83 bits per heavy atom. The number of allylic oxidation sites excluding steroid dienone is 2. The van der Waals surface area contributed by atoms with Crippen LogP contribution in [0.5, 0.6) is 0 Å². The molecule has 3 saturated carbocycles. The van der Waals surface area contributed by atoms with Crippen LogP contribution in [0.15, 0.2) is 11.6 Å². The van der Waals surface area contributed by atoms with Crippen molar-refractivity contribution in [3.05, 3.63) is 11.6 Å². The van der Waals surface area contributed by atoms with E-state index < -0.39 is 0 Å². The Balaban J connectivity index is 1.49. The van der Waals surface area contributed by atoms with E-state index in [2.05, 4.69) is 47.0 Å². The molecule has 1 radical (unpaired) electrons. The lowest BCUT2D eigenvalue weighted by molar-refractivity contribution is -0.0513. The number of hydrogen-bond donors (Lipinski definition) is 0. The number of fused-ring (bicyclic) bond motifs is 5. The van der Waals surface area contributed by atoms with Gasteiger partial charge in [-0.2, -0.15) is 0 Å². The van der Waals surface area contributed by atoms with E-state index >= 15 is 0 Å². The van der Waals surface area contributed by atoms with Gasteiger partial charge in [0.2, 0.25) is 6.29 Å². The van der Waals surface area contributed by atoms with Crippen LogP contribution in [0.4, 0.5) is 0 Å². The van der Waals surface area contributed by atoms with Gasteiger partial charge in [-0.05, 0) is 97.7 Å². The number of hydrogen-bond acceptors (Lipinski definition) is 1. The number of carbonyl (C=O) groups excluding carboxylic acids is 1. The fraction of sp³-hybridized carbons (Fsp3) is 0.893. The Morgan fingerprint density at radius 3 is 2.55 bits per heavy atom. The molecule has 29 heavy (non-hydrogen) atoms. The van der Waals surface area contributed by atoms with Crippen molar-refractivity contribution in [3.63, 3.8) is 0 Å². The molecule has 4 rings (SSSR count). The van der Waals surface area contributed by atoms with E-state index in [1.807, 2.05) is 0 Å². The molecule has 0 bridgehead atoms. The van der Waals surface area contributed by atoms with Crippen molar-refractivity contribution in [2.75, 3.05) is 0 Å². The van der Waals surface area contributed by atoms with Gasteiger partial charge in [-0.15, -0.1) is 0 Å². The topological polar surface area (TPSA) is 17.1 Å². The second-order valence-corrected chi connectivity index (χ2v) is 12.3. The summed E-state index contributed by atoms with van der Waals surface area (Å²) in [5.74, 6) is 5.55. The monoisotopic (exact) mass is 397 g/mol. The molecule has 0 amide bonds. The van der Waals surface area contributed by atoms with Crippen LogP contribution in [0.3, 0.4) is 0 Å². The van der Waals surface area contributed by atoms with Gasteiger partial charge in [-0.1, -0.05) is 65.5 Å². The minimum absolute atomic E-state index is 0.169. The summed E-state index contributed by atoms with van der Waals surface area (Å²) >= 11 is 0. The summed E-state index contributed by atoms with van der Waals surface area (Å²) in [6.07, 6.45) is 19.6. The first kappa shape index (κ1) is 21.6. The van der Waals surface area contributed by atoms with Gasteiger partial charge in [0.15, 0.2) is 0 Å². The van der Waals surface area contributed by atoms with Gasteiger partial charge in [0.1, 0.15) is 0 Å². The molecule has 0 spiro atoms. The normalized spacial score (nSPS) is 45.2. The number of rotatable bonds is 6. The van der Waals surface area contributed by atoms with Gasteiger partial charge >= 0.3 is 0 Å². The molecule has 4 unspecified atom stereocenters. The maximum atomic E-state index is 11.3. The third-order valence-corrected chi connectivity index (χ3v) is 10.5. The van der Waals surface area contributed by atoms with Gasteiger partial charge in [0.05, 0.1) is 0 Å². The molecular formula is C28H45O. The van der Waals surface area contributed by atoms with Crippen LogP contribution >= 0.6 is 0 Å². The standard InChI is InChI=1S/C28H45O/c1-19(2)7-6-8-20(3)24-11-12-25-23-10-9-22-17-21(18-29)13-15-27(22,4)26(23)14-16-28(24,25)5/h9,19-21,23-26H,6-8,10-17H2,1-5H3/t20-,21?,23?,24-,25?,26?,27+,28-/m1/s1. The van der Waals surface area contributed by atoms with Crippen LogP contribution in [0.2, 0.25) is 0 Å². The maximum absolute atomic E-state index is 11.3. The fourth-order valence-electron chi connectivity index (χ4n) is 8.79. The van der Waals surface area contributed by atoms with Crippen molar-refractivity contribution in [3.8, 4) is 0 Å². The van der Waals surface area contributed by atoms with Crippen LogP contribution in [-0.4, -0.2) is 6.29 Å².